The molecule has 6 aromatic rings. The number of para-hydroxylation sites is 3. The predicted octanol–water partition coefficient (Wildman–Crippen LogP) is 8.67. The third kappa shape index (κ3) is 3.60. The SMILES string of the molecule is O=C(c1sc2nc(-c3ccccc3)cc3c2c1Nc1ccccc1-3)N(c1ccccc1)c1ccccc1. The van der Waals surface area contributed by atoms with E-state index in [0.717, 1.165) is 55.4 Å². The standard InChI is InChI=1S/C32H21N3OS/c36-32(35(22-14-6-2-7-15-22)23-16-8-3-9-17-23)30-29-28-25(24-18-10-11-19-26(24)33-29)20-27(34-31(28)37-30)21-12-4-1-5-13-21/h1-20,33H. The van der Waals surface area contributed by atoms with Crippen molar-refractivity contribution in [1.82, 2.24) is 4.98 Å². The summed E-state index contributed by atoms with van der Waals surface area (Å²) >= 11 is 1.44. The number of hydrogen-bond donors (Lipinski definition) is 1. The highest BCUT2D eigenvalue weighted by Crippen LogP contribution is 2.50. The number of benzene rings is 4. The maximum Gasteiger partial charge on any atom is 0.275 e. The second kappa shape index (κ2) is 8.73. The fourth-order valence-corrected chi connectivity index (χ4v) is 6.02. The number of nitrogens with zero attached hydrogens (tertiary/aromatic N) is 2. The van der Waals surface area contributed by atoms with Gasteiger partial charge in [0.15, 0.2) is 0 Å². The molecule has 4 aromatic carbocycles. The van der Waals surface area contributed by atoms with Gasteiger partial charge in [0.25, 0.3) is 5.91 Å². The molecule has 0 bridgehead atoms. The predicted molar refractivity (Wildman–Crippen MR) is 153 cm³/mol. The lowest BCUT2D eigenvalue weighted by Crippen LogP contribution is -2.25. The molecule has 1 amide bonds. The lowest BCUT2D eigenvalue weighted by molar-refractivity contribution is 0.100. The number of carbonyl (C=O) groups excluding carboxylic acids is 1. The Morgan fingerprint density at radius 2 is 1.30 bits per heavy atom. The second-order valence-electron chi connectivity index (χ2n) is 8.89. The Balaban J connectivity index is 1.47. The first kappa shape index (κ1) is 21.5. The first-order valence-corrected chi connectivity index (χ1v) is 12.9. The van der Waals surface area contributed by atoms with Crippen LogP contribution in [0.2, 0.25) is 0 Å². The van der Waals surface area contributed by atoms with Gasteiger partial charge >= 0.3 is 0 Å². The van der Waals surface area contributed by atoms with Crippen molar-refractivity contribution >= 4 is 50.2 Å². The Kier molecular flexibility index (Phi) is 5.08. The van der Waals surface area contributed by atoms with Gasteiger partial charge < -0.3 is 5.32 Å². The third-order valence-electron chi connectivity index (χ3n) is 6.63. The van der Waals surface area contributed by atoms with E-state index in [1.165, 1.54) is 11.3 Å². The molecule has 0 unspecified atom stereocenters. The summed E-state index contributed by atoms with van der Waals surface area (Å²) in [4.78, 5) is 22.7. The van der Waals surface area contributed by atoms with Crippen LogP contribution in [-0.4, -0.2) is 10.9 Å². The molecule has 0 spiro atoms. The summed E-state index contributed by atoms with van der Waals surface area (Å²) in [5, 5.41) is 4.57. The van der Waals surface area contributed by atoms with Crippen molar-refractivity contribution in [3.63, 3.8) is 0 Å². The smallest absolute Gasteiger partial charge is 0.275 e. The molecule has 37 heavy (non-hydrogen) atoms. The van der Waals surface area contributed by atoms with Gasteiger partial charge in [-0.1, -0.05) is 84.9 Å². The Bertz CT molecular complexity index is 1720. The van der Waals surface area contributed by atoms with Crippen LogP contribution in [0.25, 0.3) is 32.6 Å². The van der Waals surface area contributed by atoms with Gasteiger partial charge in [0.2, 0.25) is 0 Å². The molecule has 176 valence electrons. The topological polar surface area (TPSA) is 45.2 Å². The van der Waals surface area contributed by atoms with E-state index in [1.54, 1.807) is 4.90 Å². The Morgan fingerprint density at radius 3 is 1.97 bits per heavy atom. The van der Waals surface area contributed by atoms with Crippen molar-refractivity contribution in [2.75, 3.05) is 10.2 Å². The van der Waals surface area contributed by atoms with E-state index in [4.69, 9.17) is 4.98 Å². The molecule has 0 fully saturated rings. The van der Waals surface area contributed by atoms with E-state index in [1.807, 2.05) is 91.0 Å². The molecule has 1 N–H and O–H groups in total. The van der Waals surface area contributed by atoms with Gasteiger partial charge in [0.05, 0.1) is 11.4 Å². The van der Waals surface area contributed by atoms with Gasteiger partial charge in [0, 0.05) is 33.6 Å². The van der Waals surface area contributed by atoms with Crippen LogP contribution in [-0.2, 0) is 0 Å². The molecule has 1 aliphatic rings. The van der Waals surface area contributed by atoms with Gasteiger partial charge in [-0.05, 0) is 42.0 Å². The quantitative estimate of drug-likeness (QED) is 0.266. The maximum absolute atomic E-state index is 14.4. The summed E-state index contributed by atoms with van der Waals surface area (Å²) in [5.74, 6) is -0.0884. The van der Waals surface area contributed by atoms with Crippen LogP contribution in [0.1, 0.15) is 9.67 Å². The highest BCUT2D eigenvalue weighted by Gasteiger charge is 2.31. The normalized spacial score (nSPS) is 11.6. The number of aromatic nitrogens is 1. The fraction of sp³-hybridized carbons (Fsp3) is 0. The zero-order valence-electron chi connectivity index (χ0n) is 19.8. The van der Waals surface area contributed by atoms with Crippen LogP contribution in [0.4, 0.5) is 22.7 Å². The molecule has 2 aromatic heterocycles. The molecule has 0 saturated carbocycles. The van der Waals surface area contributed by atoms with E-state index in [2.05, 4.69) is 35.6 Å². The summed E-state index contributed by atoms with van der Waals surface area (Å²) in [5.41, 5.74) is 7.59. The second-order valence-corrected chi connectivity index (χ2v) is 9.89. The maximum atomic E-state index is 14.4. The molecule has 1 aliphatic heterocycles. The molecule has 7 rings (SSSR count). The summed E-state index contributed by atoms with van der Waals surface area (Å²) in [7, 11) is 0. The minimum absolute atomic E-state index is 0.0884. The highest BCUT2D eigenvalue weighted by atomic mass is 32.1. The number of pyridine rings is 1. The Morgan fingerprint density at radius 1 is 0.703 bits per heavy atom. The van der Waals surface area contributed by atoms with E-state index in [0.29, 0.717) is 4.88 Å². The van der Waals surface area contributed by atoms with Crippen LogP contribution < -0.4 is 10.2 Å². The Labute approximate surface area is 218 Å². The molecule has 0 radical (unpaired) electrons. The lowest BCUT2D eigenvalue weighted by atomic mass is 9.95. The van der Waals surface area contributed by atoms with E-state index in [-0.39, 0.29) is 5.91 Å². The van der Waals surface area contributed by atoms with Crippen LogP contribution in [0.15, 0.2) is 121 Å². The summed E-state index contributed by atoms with van der Waals surface area (Å²) in [6.07, 6.45) is 0. The van der Waals surface area contributed by atoms with Gasteiger partial charge in [-0.15, -0.1) is 11.3 Å². The van der Waals surface area contributed by atoms with Crippen molar-refractivity contribution in [1.29, 1.82) is 0 Å². The number of anilines is 4. The summed E-state index contributed by atoms with van der Waals surface area (Å²) in [6, 6.07) is 40.2. The number of fused-ring (bicyclic) bond motifs is 2. The van der Waals surface area contributed by atoms with Gasteiger partial charge in [-0.2, -0.15) is 0 Å². The molecular weight excluding hydrogens is 474 g/mol. The number of thiophene rings is 1. The zero-order valence-corrected chi connectivity index (χ0v) is 20.6. The van der Waals surface area contributed by atoms with Crippen molar-refractivity contribution in [3.05, 3.63) is 126 Å². The van der Waals surface area contributed by atoms with Gasteiger partial charge in [-0.25, -0.2) is 4.98 Å². The fourth-order valence-electron chi connectivity index (χ4n) is 4.94. The minimum Gasteiger partial charge on any atom is -0.353 e. The van der Waals surface area contributed by atoms with Crippen molar-refractivity contribution < 1.29 is 4.79 Å². The third-order valence-corrected chi connectivity index (χ3v) is 7.71. The van der Waals surface area contributed by atoms with Crippen molar-refractivity contribution in [2.24, 2.45) is 0 Å². The largest absolute Gasteiger partial charge is 0.353 e. The summed E-state index contributed by atoms with van der Waals surface area (Å²) in [6.45, 7) is 0. The number of rotatable bonds is 4. The van der Waals surface area contributed by atoms with Gasteiger partial charge in [-0.3, -0.25) is 9.69 Å². The van der Waals surface area contributed by atoms with Crippen LogP contribution in [0.5, 0.6) is 0 Å². The van der Waals surface area contributed by atoms with E-state index in [9.17, 15) is 4.79 Å². The molecule has 0 atom stereocenters. The molecule has 0 saturated heterocycles. The van der Waals surface area contributed by atoms with Crippen LogP contribution in [0.3, 0.4) is 0 Å². The average Bonchev–Trinajstić information content (AvgIpc) is 3.33. The van der Waals surface area contributed by atoms with Gasteiger partial charge in [0.1, 0.15) is 9.71 Å². The lowest BCUT2D eigenvalue weighted by Gasteiger charge is -2.24. The first-order valence-electron chi connectivity index (χ1n) is 12.1. The molecule has 5 heteroatoms. The molecular formula is C32H21N3OS. The van der Waals surface area contributed by atoms with E-state index >= 15 is 0 Å². The monoisotopic (exact) mass is 495 g/mol. The Hall–Kier alpha value is -4.74. The highest BCUT2D eigenvalue weighted by molar-refractivity contribution is 7.21. The number of hydrogen-bond acceptors (Lipinski definition) is 4. The number of carbonyl (C=O) groups is 1. The molecule has 3 heterocycles. The molecule has 0 aliphatic carbocycles. The zero-order chi connectivity index (χ0) is 24.8. The average molecular weight is 496 g/mol. The first-order chi connectivity index (χ1) is 18.3. The van der Waals surface area contributed by atoms with Crippen molar-refractivity contribution in [2.45, 2.75) is 0 Å². The van der Waals surface area contributed by atoms with E-state index < -0.39 is 0 Å². The van der Waals surface area contributed by atoms with Crippen LogP contribution >= 0.6 is 11.3 Å². The number of nitrogens with one attached hydrogen (secondary N) is 1. The van der Waals surface area contributed by atoms with Crippen molar-refractivity contribution in [3.8, 4) is 22.4 Å². The van der Waals surface area contributed by atoms with Crippen LogP contribution in [0, 0.1) is 0 Å². The molecule has 4 nitrogen and oxygen atoms in total. The number of amides is 1. The minimum atomic E-state index is -0.0884. The summed E-state index contributed by atoms with van der Waals surface area (Å²) < 4.78 is 0.